The predicted octanol–water partition coefficient (Wildman–Crippen LogP) is 3.46. The van der Waals surface area contributed by atoms with Crippen molar-refractivity contribution in [3.05, 3.63) is 29.6 Å². The maximum atomic E-state index is 14.4. The van der Waals surface area contributed by atoms with Gasteiger partial charge in [0.2, 0.25) is 0 Å². The fourth-order valence-corrected chi connectivity index (χ4v) is 3.09. The zero-order valence-electron chi connectivity index (χ0n) is 14.6. The van der Waals surface area contributed by atoms with E-state index in [0.717, 1.165) is 44.1 Å². The molecule has 1 nitrogen and oxygen atoms in total. The Morgan fingerprint density at radius 3 is 2.50 bits per heavy atom. The van der Waals surface area contributed by atoms with Gasteiger partial charge in [-0.05, 0) is 48.4 Å². The van der Waals surface area contributed by atoms with E-state index in [1.165, 1.54) is 0 Å². The van der Waals surface area contributed by atoms with Crippen LogP contribution in [0.2, 0.25) is 6.32 Å². The molecule has 1 aliphatic heterocycles. The highest BCUT2D eigenvalue weighted by molar-refractivity contribution is 7.81. The van der Waals surface area contributed by atoms with Gasteiger partial charge in [0.05, 0.1) is 0 Å². The summed E-state index contributed by atoms with van der Waals surface area (Å²) in [5.41, 5.74) is 2.05. The molecule has 1 fully saturated rings. The third-order valence-corrected chi connectivity index (χ3v) is 6.22. The van der Waals surface area contributed by atoms with Crippen molar-refractivity contribution in [3.63, 3.8) is 0 Å². The van der Waals surface area contributed by atoms with Crippen molar-refractivity contribution >= 4 is 25.4 Å². The highest BCUT2D eigenvalue weighted by atomic mass is 32.1. The lowest BCUT2D eigenvalue weighted by atomic mass is 9.56. The molecule has 1 heterocycles. The molecule has 1 aliphatic rings. The second kappa shape index (κ2) is 6.56. The molecule has 122 valence electrons. The molecular formula is C18H29BFNS. The standard InChI is InChI=1S/C18H29BFNS/c1-17(2,18(3,4)22)12-19-15-7-6-13(10-16(15)20)14-8-9-21(5)11-14/h6-7,10,14,19,22H,8-9,11-12H2,1-5H3. The molecule has 1 saturated heterocycles. The molecule has 1 aromatic carbocycles. The van der Waals surface area contributed by atoms with Crippen molar-refractivity contribution in [3.8, 4) is 0 Å². The Hall–Kier alpha value is -0.475. The number of halogens is 1. The second-order valence-electron chi connectivity index (χ2n) is 8.04. The Kier molecular flexibility index (Phi) is 5.33. The number of benzene rings is 1. The molecular weight excluding hydrogens is 292 g/mol. The summed E-state index contributed by atoms with van der Waals surface area (Å²) in [5, 5.41) is 0. The van der Waals surface area contributed by atoms with Crippen LogP contribution < -0.4 is 5.46 Å². The van der Waals surface area contributed by atoms with Crippen molar-refractivity contribution in [1.82, 2.24) is 4.90 Å². The summed E-state index contributed by atoms with van der Waals surface area (Å²) in [4.78, 5) is 2.31. The van der Waals surface area contributed by atoms with Crippen LogP contribution in [0.1, 0.15) is 45.6 Å². The average Bonchev–Trinajstić information content (AvgIpc) is 2.82. The summed E-state index contributed by atoms with van der Waals surface area (Å²) in [6, 6.07) is 5.88. The Morgan fingerprint density at radius 2 is 2.00 bits per heavy atom. The number of thiol groups is 1. The predicted molar refractivity (Wildman–Crippen MR) is 99.7 cm³/mol. The fraction of sp³-hybridized carbons (Fsp3) is 0.667. The third kappa shape index (κ3) is 4.08. The highest BCUT2D eigenvalue weighted by Crippen LogP contribution is 2.38. The van der Waals surface area contributed by atoms with Crippen LogP contribution in [0.5, 0.6) is 0 Å². The average molecular weight is 321 g/mol. The highest BCUT2D eigenvalue weighted by Gasteiger charge is 2.33. The van der Waals surface area contributed by atoms with Gasteiger partial charge in [0.25, 0.3) is 0 Å². The first-order chi connectivity index (χ1) is 10.1. The first kappa shape index (κ1) is 17.9. The zero-order valence-corrected chi connectivity index (χ0v) is 15.5. The van der Waals surface area contributed by atoms with Gasteiger partial charge in [-0.1, -0.05) is 46.1 Å². The molecule has 22 heavy (non-hydrogen) atoms. The SMILES string of the molecule is CN1CCC(c2ccc(BCC(C)(C)C(C)(C)S)c(F)c2)C1. The molecule has 0 N–H and O–H groups in total. The Labute approximate surface area is 141 Å². The summed E-state index contributed by atoms with van der Waals surface area (Å²) >= 11 is 4.69. The van der Waals surface area contributed by atoms with Gasteiger partial charge in [-0.25, -0.2) is 4.39 Å². The van der Waals surface area contributed by atoms with Crippen molar-refractivity contribution in [2.45, 2.75) is 51.1 Å². The van der Waals surface area contributed by atoms with Crippen molar-refractivity contribution in [2.24, 2.45) is 5.41 Å². The zero-order chi connectivity index (χ0) is 16.5. The van der Waals surface area contributed by atoms with Crippen LogP contribution in [0, 0.1) is 11.2 Å². The third-order valence-electron chi connectivity index (χ3n) is 5.62. The van der Waals surface area contributed by atoms with E-state index in [-0.39, 0.29) is 16.0 Å². The lowest BCUT2D eigenvalue weighted by Crippen LogP contribution is -2.37. The summed E-state index contributed by atoms with van der Waals surface area (Å²) < 4.78 is 14.4. The van der Waals surface area contributed by atoms with Gasteiger partial charge in [-0.2, -0.15) is 12.6 Å². The van der Waals surface area contributed by atoms with Crippen LogP contribution in [-0.2, 0) is 0 Å². The van der Waals surface area contributed by atoms with Gasteiger partial charge in [-0.15, -0.1) is 0 Å². The molecule has 4 heteroatoms. The maximum absolute atomic E-state index is 14.4. The Bertz CT molecular complexity index is 524. The minimum Gasteiger partial charge on any atom is -0.306 e. The van der Waals surface area contributed by atoms with E-state index in [0.29, 0.717) is 5.92 Å². The van der Waals surface area contributed by atoms with Gasteiger partial charge in [0, 0.05) is 11.3 Å². The van der Waals surface area contributed by atoms with Gasteiger partial charge in [-0.3, -0.25) is 0 Å². The van der Waals surface area contributed by atoms with E-state index < -0.39 is 0 Å². The number of hydrogen-bond acceptors (Lipinski definition) is 2. The quantitative estimate of drug-likeness (QED) is 0.642. The normalized spacial score (nSPS) is 20.4. The van der Waals surface area contributed by atoms with Crippen LogP contribution in [0.25, 0.3) is 0 Å². The Balaban J connectivity index is 2.04. The number of likely N-dealkylation sites (tertiary alicyclic amines) is 1. The van der Waals surface area contributed by atoms with Crippen LogP contribution in [0.15, 0.2) is 18.2 Å². The lowest BCUT2D eigenvalue weighted by Gasteiger charge is -2.38. The fourth-order valence-electron chi connectivity index (χ4n) is 2.98. The monoisotopic (exact) mass is 321 g/mol. The Morgan fingerprint density at radius 1 is 1.32 bits per heavy atom. The number of nitrogens with zero attached hydrogens (tertiary/aromatic N) is 1. The molecule has 0 radical (unpaired) electrons. The van der Waals surface area contributed by atoms with Crippen LogP contribution in [-0.4, -0.2) is 37.1 Å². The first-order valence-electron chi connectivity index (χ1n) is 8.29. The van der Waals surface area contributed by atoms with E-state index in [1.54, 1.807) is 6.07 Å². The minimum absolute atomic E-state index is 0.0418. The largest absolute Gasteiger partial charge is 0.306 e. The second-order valence-corrected chi connectivity index (χ2v) is 9.16. The number of likely N-dealkylation sites (N-methyl/N-ethyl adjacent to an activating group) is 1. The minimum atomic E-state index is -0.0716. The lowest BCUT2D eigenvalue weighted by molar-refractivity contribution is 0.322. The van der Waals surface area contributed by atoms with Crippen molar-refractivity contribution in [2.75, 3.05) is 20.1 Å². The maximum Gasteiger partial charge on any atom is 0.162 e. The molecule has 0 amide bonds. The van der Waals surface area contributed by atoms with E-state index in [9.17, 15) is 4.39 Å². The van der Waals surface area contributed by atoms with Crippen LogP contribution in [0.3, 0.4) is 0 Å². The van der Waals surface area contributed by atoms with E-state index in [4.69, 9.17) is 12.6 Å². The van der Waals surface area contributed by atoms with Crippen molar-refractivity contribution < 1.29 is 4.39 Å². The van der Waals surface area contributed by atoms with E-state index in [2.05, 4.69) is 45.7 Å². The molecule has 1 atom stereocenters. The smallest absolute Gasteiger partial charge is 0.162 e. The van der Waals surface area contributed by atoms with Crippen molar-refractivity contribution in [1.29, 1.82) is 0 Å². The van der Waals surface area contributed by atoms with Crippen LogP contribution in [0.4, 0.5) is 4.39 Å². The molecule has 1 unspecified atom stereocenters. The summed E-state index contributed by atoms with van der Waals surface area (Å²) in [5.74, 6) is 0.446. The molecule has 0 bridgehead atoms. The first-order valence-corrected chi connectivity index (χ1v) is 8.74. The number of hydrogen-bond donors (Lipinski definition) is 1. The van der Waals surface area contributed by atoms with Gasteiger partial charge in [0.15, 0.2) is 7.28 Å². The molecule has 0 aromatic heterocycles. The molecule has 0 spiro atoms. The van der Waals surface area contributed by atoms with Gasteiger partial charge in [0.1, 0.15) is 5.82 Å². The van der Waals surface area contributed by atoms with Gasteiger partial charge < -0.3 is 4.90 Å². The van der Waals surface area contributed by atoms with Crippen LogP contribution >= 0.6 is 12.6 Å². The molecule has 0 saturated carbocycles. The van der Waals surface area contributed by atoms with Gasteiger partial charge >= 0.3 is 0 Å². The summed E-state index contributed by atoms with van der Waals surface area (Å²) in [7, 11) is 2.90. The van der Waals surface area contributed by atoms with E-state index in [1.807, 2.05) is 6.07 Å². The van der Waals surface area contributed by atoms with E-state index >= 15 is 0 Å². The molecule has 0 aliphatic carbocycles. The summed E-state index contributed by atoms with van der Waals surface area (Å²) in [6.07, 6.45) is 2.07. The topological polar surface area (TPSA) is 3.24 Å². The number of rotatable bonds is 5. The molecule has 2 rings (SSSR count). The summed E-state index contributed by atoms with van der Waals surface area (Å²) in [6.45, 7) is 10.8. The molecule has 1 aromatic rings.